The molecule has 3 aromatic heterocycles. The van der Waals surface area contributed by atoms with Gasteiger partial charge in [-0.1, -0.05) is 12.1 Å². The van der Waals surface area contributed by atoms with Crippen LogP contribution in [0.1, 0.15) is 184 Å². The number of nitrogens with zero attached hydrogens (tertiary/aromatic N) is 9. The average molecular weight is 2060 g/mol. The van der Waals surface area contributed by atoms with Gasteiger partial charge >= 0.3 is 73.2 Å². The molecule has 8 atom stereocenters. The maximum atomic E-state index is 14.9. The maximum Gasteiger partial charge on any atom is 0.416 e. The number of carboxylic acids is 3. The Hall–Kier alpha value is -13.1. The Kier molecular flexibility index (Phi) is 29.6. The van der Waals surface area contributed by atoms with Crippen LogP contribution in [0, 0.1) is 32.5 Å². The number of aryl methyl sites for hydroxylation is 4. The van der Waals surface area contributed by atoms with Gasteiger partial charge in [-0.25, -0.2) is 33.7 Å². The van der Waals surface area contributed by atoms with E-state index in [4.69, 9.17) is 48.5 Å². The lowest BCUT2D eigenvalue weighted by atomic mass is 9.93. The van der Waals surface area contributed by atoms with E-state index >= 15 is 0 Å². The summed E-state index contributed by atoms with van der Waals surface area (Å²) in [5.74, 6) is -1.50. The lowest BCUT2D eigenvalue weighted by Gasteiger charge is -2.34. The van der Waals surface area contributed by atoms with Gasteiger partial charge in [-0.05, 0) is 249 Å². The molecular weight excluding hydrogens is 1970 g/mol. The van der Waals surface area contributed by atoms with Crippen LogP contribution in [-0.4, -0.2) is 160 Å². The summed E-state index contributed by atoms with van der Waals surface area (Å²) in [6, 6.07) is 17.3. The van der Waals surface area contributed by atoms with Crippen molar-refractivity contribution >= 4 is 69.6 Å². The van der Waals surface area contributed by atoms with Gasteiger partial charge in [-0.2, -0.15) is 79.0 Å². The second kappa shape index (κ2) is 40.1. The largest absolute Gasteiger partial charge is 0.496 e. The van der Waals surface area contributed by atoms with Gasteiger partial charge < -0.3 is 58.4 Å². The number of hydrogen-bond acceptors (Lipinski definition) is 18. The molecule has 0 unspecified atom stereocenters. The monoisotopic (exact) mass is 2060 g/mol. The van der Waals surface area contributed by atoms with Crippen LogP contribution in [0.5, 0.6) is 17.2 Å². The minimum absolute atomic E-state index is 0.00374. The van der Waals surface area contributed by atoms with Crippen LogP contribution in [-0.2, 0) is 98.1 Å². The first kappa shape index (κ1) is 104. The number of methoxy groups -OCH3 is 3. The van der Waals surface area contributed by atoms with Gasteiger partial charge in [0, 0.05) is 91.6 Å². The quantitative estimate of drug-likeness (QED) is 0.0335. The molecule has 9 aromatic rings. The van der Waals surface area contributed by atoms with E-state index in [0.717, 1.165) is 73.1 Å². The van der Waals surface area contributed by atoms with Crippen molar-refractivity contribution < 1.29 is 156 Å². The number of cyclic esters (lactones) is 3. The van der Waals surface area contributed by atoms with Crippen molar-refractivity contribution in [2.24, 2.45) is 5.92 Å². The Morgan fingerprint density at radius 3 is 1.11 bits per heavy atom. The molecule has 16 rings (SSSR count). The first-order chi connectivity index (χ1) is 66.0. The predicted octanol–water partition coefficient (Wildman–Crippen LogP) is 23.3. The number of rotatable bonds is 26. The first-order valence-electron chi connectivity index (χ1n) is 44.2. The maximum absolute atomic E-state index is 14.9. The molecule has 3 N–H and O–H groups in total. The highest BCUT2D eigenvalue weighted by molar-refractivity contribution is 9.10. The van der Waals surface area contributed by atoms with E-state index in [0.29, 0.717) is 145 Å². The zero-order valence-electron chi connectivity index (χ0n) is 76.4. The molecular formula is C97H91BrF19N9O15. The summed E-state index contributed by atoms with van der Waals surface area (Å²) in [6.45, 7) is 13.7. The van der Waals surface area contributed by atoms with Gasteiger partial charge in [0.05, 0.1) is 120 Å². The third kappa shape index (κ3) is 22.5. The number of amides is 3. The molecule has 3 amide bonds. The van der Waals surface area contributed by atoms with Gasteiger partial charge in [0.2, 0.25) is 0 Å². The number of hydrogen-bond donors (Lipinski definition) is 3. The molecule has 0 bridgehead atoms. The first-order valence-corrected chi connectivity index (χ1v) is 45.0. The predicted molar refractivity (Wildman–Crippen MR) is 473 cm³/mol. The molecule has 754 valence electrons. The number of carboxylic acid groups (broad SMARTS) is 3. The number of aliphatic carboxylic acids is 3. The molecule has 6 aromatic carbocycles. The van der Waals surface area contributed by atoms with E-state index in [2.05, 4.69) is 15.9 Å². The molecule has 7 aliphatic rings. The third-order valence-electron chi connectivity index (χ3n) is 25.9. The van der Waals surface area contributed by atoms with Crippen LogP contribution in [0.3, 0.4) is 0 Å². The summed E-state index contributed by atoms with van der Waals surface area (Å²) in [5, 5.41) is 27.9. The fourth-order valence-electron chi connectivity index (χ4n) is 17.9. The molecule has 0 radical (unpaired) electrons. The Labute approximate surface area is 801 Å². The molecule has 1 saturated carbocycles. The molecule has 1 aliphatic carbocycles. The van der Waals surface area contributed by atoms with Gasteiger partial charge in [0.1, 0.15) is 58.8 Å². The van der Waals surface area contributed by atoms with Crippen molar-refractivity contribution in [1.29, 1.82) is 0 Å². The number of benzene rings is 6. The van der Waals surface area contributed by atoms with E-state index in [1.807, 2.05) is 46.7 Å². The fraction of sp³-hybridized carbons (Fsp3) is 0.412. The zero-order chi connectivity index (χ0) is 103. The molecule has 6 saturated heterocycles. The normalized spacial score (nSPS) is 19.7. The van der Waals surface area contributed by atoms with E-state index in [9.17, 15) is 122 Å². The minimum Gasteiger partial charge on any atom is -0.496 e. The summed E-state index contributed by atoms with van der Waals surface area (Å²) in [7, 11) is 4.28. The summed E-state index contributed by atoms with van der Waals surface area (Å²) in [5.41, 5.74) is -2.45. The summed E-state index contributed by atoms with van der Waals surface area (Å²) < 4.78 is 293. The standard InChI is InChI=1S/C33H31F6N3O5.C32H30BrF6N3O5.C32H30F7N3O5/c1-16-9-27(41-7-4-8-41)40-25(28(16)24-12-18(5-6-26(24)46-3)22-14-23(22)30(43)44)15-42-17(2)29(47-31(42)45)19-10-20(32(34,35)36)13-21(11-19)33(37,38)39;1-16-26(22-11-18(6-8-25(43)44)5-7-24(22)46-3)23(40-29(27(16)33)41-9-4-10-41)15-42-17(2)28(47-30(42)45)19-12-20(31(34,35)36)14-21(13-19)32(37,38)39;1-16-9-26(41-7-4-8-41)40-24(28(16)22-12-18(5-6-27(43)44)23(33)14-25(22)46-3)15-42-17(2)29(47-30(42)45)19-10-20(31(34,35)36)13-21(11-19)32(37,38)39/h5-6,9-13,17,22-23,29H,4,7-8,14-15H2,1-3H3,(H,43,44);5,7,11-14,17,28H,4,6,8-10,15H2,1-3H3,(H,43,44);9-14,17,29H,4-8,15H2,1-3H3,(H,43,44)/t17-,22+,23-,29-;17-,28-;17-,29-/m000/s1. The van der Waals surface area contributed by atoms with Gasteiger partial charge in [-0.15, -0.1) is 0 Å². The number of aromatic nitrogens is 3. The smallest absolute Gasteiger partial charge is 0.416 e. The van der Waals surface area contributed by atoms with Crippen LogP contribution in [0.15, 0.2) is 120 Å². The van der Waals surface area contributed by atoms with Crippen LogP contribution in [0.25, 0.3) is 33.4 Å². The Morgan fingerprint density at radius 1 is 0.426 bits per heavy atom. The summed E-state index contributed by atoms with van der Waals surface area (Å²) >= 11 is 3.66. The third-order valence-corrected chi connectivity index (χ3v) is 26.8. The molecule has 44 heteroatoms. The highest BCUT2D eigenvalue weighted by Gasteiger charge is 2.50. The highest BCUT2D eigenvalue weighted by Crippen LogP contribution is 2.53. The van der Waals surface area contributed by atoms with Gasteiger partial charge in [-0.3, -0.25) is 29.1 Å². The number of alkyl halides is 18. The summed E-state index contributed by atoms with van der Waals surface area (Å²) in [6.07, 6.45) is -34.6. The second-order valence-corrected chi connectivity index (χ2v) is 36.0. The van der Waals surface area contributed by atoms with Crippen molar-refractivity contribution in [3.8, 4) is 50.6 Å². The molecule has 141 heavy (non-hydrogen) atoms. The van der Waals surface area contributed by atoms with Crippen molar-refractivity contribution in [2.45, 2.75) is 192 Å². The van der Waals surface area contributed by atoms with E-state index in [-0.39, 0.29) is 86.4 Å². The van der Waals surface area contributed by atoms with E-state index < -0.39 is 171 Å². The van der Waals surface area contributed by atoms with Crippen molar-refractivity contribution in [3.63, 3.8) is 0 Å². The van der Waals surface area contributed by atoms with Gasteiger partial charge in [0.15, 0.2) is 0 Å². The number of pyridine rings is 3. The number of halogens is 20. The zero-order valence-corrected chi connectivity index (χ0v) is 78.0. The van der Waals surface area contributed by atoms with Crippen LogP contribution < -0.4 is 28.9 Å². The molecule has 9 heterocycles. The number of ether oxygens (including phenoxy) is 6. The number of anilines is 3. The number of carbonyl (C=O) groups is 6. The number of carbonyl (C=O) groups excluding carboxylic acids is 3. The fourth-order valence-corrected chi connectivity index (χ4v) is 18.4. The van der Waals surface area contributed by atoms with Crippen molar-refractivity contribution in [3.05, 3.63) is 226 Å². The second-order valence-electron chi connectivity index (χ2n) is 35.2. The van der Waals surface area contributed by atoms with Crippen molar-refractivity contribution in [2.75, 3.05) is 75.3 Å². The molecule has 24 nitrogen and oxygen atoms in total. The van der Waals surface area contributed by atoms with Crippen molar-refractivity contribution in [1.82, 2.24) is 29.7 Å². The minimum atomic E-state index is -5.09. The molecule has 6 aliphatic heterocycles. The van der Waals surface area contributed by atoms with Crippen LogP contribution >= 0.6 is 15.9 Å². The van der Waals surface area contributed by atoms with E-state index in [1.54, 1.807) is 37.3 Å². The highest BCUT2D eigenvalue weighted by atomic mass is 79.9. The lowest BCUT2D eigenvalue weighted by Crippen LogP contribution is -2.38. The van der Waals surface area contributed by atoms with Crippen LogP contribution in [0.4, 0.5) is 115 Å². The average Bonchev–Trinajstić information content (AvgIpc) is 1.32. The molecule has 7 fully saturated rings. The summed E-state index contributed by atoms with van der Waals surface area (Å²) in [4.78, 5) is 98.1. The van der Waals surface area contributed by atoms with E-state index in [1.165, 1.54) is 58.0 Å². The lowest BCUT2D eigenvalue weighted by molar-refractivity contribution is -0.144. The Bertz CT molecular complexity index is 6240. The topological polar surface area (TPSA) is 277 Å². The SMILES string of the molecule is COc1cc(F)c(CCC(=O)O)cc1-c1c(C)cc(N2CCC2)nc1CN1C(=O)O[C@H](c2cc(C(F)(F)F)cc(C(F)(F)F)c2)[C@@H]1C.COc1ccc(CCC(=O)O)cc1-c1c(CN2C(=O)O[C@H](c3cc(C(F)(F)F)cc(C(F)(F)F)c3)[C@@H]2C)nc(N2CCC2)c(Br)c1C.COc1ccc([C@H]2C[C@@H]2C(=O)O)cc1-c1c(C)cc(N2CCC2)nc1CN1C(=O)O[C@H](c2cc(C(F)(F)F)cc(C(F)(F)F)c2)[C@@H]1C. The van der Waals surface area contributed by atoms with Gasteiger partial charge in [0.25, 0.3) is 0 Å². The molecule has 0 spiro atoms. The Morgan fingerprint density at radius 2 is 0.773 bits per heavy atom. The van der Waals surface area contributed by atoms with Crippen LogP contribution in [0.2, 0.25) is 0 Å². The Balaban J connectivity index is 0.000000168.